The SMILES string of the molecule is CC(=O)Nc1ccc(NC(=O)c2cncc(C(=O)NCc3ccncc3)c2)cc1. The molecule has 0 saturated carbocycles. The van der Waals surface area contributed by atoms with Gasteiger partial charge < -0.3 is 16.0 Å². The second kappa shape index (κ2) is 9.23. The van der Waals surface area contributed by atoms with E-state index in [1.807, 2.05) is 0 Å². The molecule has 8 heteroatoms. The Kier molecular flexibility index (Phi) is 6.26. The number of nitrogens with one attached hydrogen (secondary N) is 3. The quantitative estimate of drug-likeness (QED) is 0.600. The number of anilines is 2. The number of benzene rings is 1. The van der Waals surface area contributed by atoms with Gasteiger partial charge in [-0.3, -0.25) is 24.4 Å². The van der Waals surface area contributed by atoms with Crippen molar-refractivity contribution in [1.82, 2.24) is 15.3 Å². The van der Waals surface area contributed by atoms with E-state index in [0.717, 1.165) is 5.56 Å². The number of pyridine rings is 2. The highest BCUT2D eigenvalue weighted by Gasteiger charge is 2.12. The second-order valence-electron chi connectivity index (χ2n) is 6.21. The molecule has 0 bridgehead atoms. The Morgan fingerprint density at radius 3 is 2.00 bits per heavy atom. The van der Waals surface area contributed by atoms with Crippen LogP contribution in [0.4, 0.5) is 11.4 Å². The molecule has 2 heterocycles. The van der Waals surface area contributed by atoms with Crippen LogP contribution in [0.5, 0.6) is 0 Å². The summed E-state index contributed by atoms with van der Waals surface area (Å²) in [7, 11) is 0. The van der Waals surface area contributed by atoms with E-state index in [1.54, 1.807) is 48.8 Å². The normalized spacial score (nSPS) is 10.1. The highest BCUT2D eigenvalue weighted by molar-refractivity contribution is 6.06. The molecule has 0 atom stereocenters. The van der Waals surface area contributed by atoms with Crippen molar-refractivity contribution in [2.24, 2.45) is 0 Å². The van der Waals surface area contributed by atoms with Gasteiger partial charge in [0.05, 0.1) is 11.1 Å². The number of aromatic nitrogens is 2. The Bertz CT molecular complexity index is 1020. The first-order valence-electron chi connectivity index (χ1n) is 8.82. The highest BCUT2D eigenvalue weighted by atomic mass is 16.2. The van der Waals surface area contributed by atoms with Gasteiger partial charge in [-0.2, -0.15) is 0 Å². The van der Waals surface area contributed by atoms with Crippen LogP contribution in [0.3, 0.4) is 0 Å². The van der Waals surface area contributed by atoms with Gasteiger partial charge in [-0.1, -0.05) is 0 Å². The van der Waals surface area contributed by atoms with E-state index in [1.165, 1.54) is 25.4 Å². The third-order valence-corrected chi connectivity index (χ3v) is 3.93. The number of rotatable bonds is 6. The molecule has 3 amide bonds. The Morgan fingerprint density at radius 2 is 1.38 bits per heavy atom. The molecule has 8 nitrogen and oxygen atoms in total. The standard InChI is InChI=1S/C21H19N5O3/c1-14(27)25-18-2-4-19(5-3-18)26-21(29)17-10-16(12-23-13-17)20(28)24-11-15-6-8-22-9-7-15/h2-10,12-13H,11H2,1H3,(H,24,28)(H,25,27)(H,26,29). The Morgan fingerprint density at radius 1 is 0.793 bits per heavy atom. The van der Waals surface area contributed by atoms with Crippen LogP contribution >= 0.6 is 0 Å². The lowest BCUT2D eigenvalue weighted by atomic mass is 10.1. The van der Waals surface area contributed by atoms with E-state index in [-0.39, 0.29) is 22.9 Å². The molecule has 3 N–H and O–H groups in total. The zero-order valence-corrected chi connectivity index (χ0v) is 15.7. The van der Waals surface area contributed by atoms with Crippen LogP contribution in [0.2, 0.25) is 0 Å². The molecule has 0 aliphatic carbocycles. The van der Waals surface area contributed by atoms with Crippen molar-refractivity contribution >= 4 is 29.1 Å². The summed E-state index contributed by atoms with van der Waals surface area (Å²) < 4.78 is 0. The summed E-state index contributed by atoms with van der Waals surface area (Å²) >= 11 is 0. The smallest absolute Gasteiger partial charge is 0.257 e. The van der Waals surface area contributed by atoms with Crippen molar-refractivity contribution in [2.75, 3.05) is 10.6 Å². The predicted molar refractivity (Wildman–Crippen MR) is 108 cm³/mol. The number of amides is 3. The van der Waals surface area contributed by atoms with E-state index in [2.05, 4.69) is 25.9 Å². The first kappa shape index (κ1) is 19.7. The summed E-state index contributed by atoms with van der Waals surface area (Å²) in [5.41, 5.74) is 2.64. The molecule has 3 aromatic rings. The van der Waals surface area contributed by atoms with Crippen molar-refractivity contribution in [3.63, 3.8) is 0 Å². The lowest BCUT2D eigenvalue weighted by molar-refractivity contribution is -0.114. The van der Waals surface area contributed by atoms with E-state index < -0.39 is 5.91 Å². The summed E-state index contributed by atoms with van der Waals surface area (Å²) in [5.74, 6) is -0.899. The van der Waals surface area contributed by atoms with Gasteiger partial charge in [0.1, 0.15) is 0 Å². The zero-order chi connectivity index (χ0) is 20.6. The molecule has 146 valence electrons. The number of hydrogen-bond acceptors (Lipinski definition) is 5. The van der Waals surface area contributed by atoms with Gasteiger partial charge in [-0.25, -0.2) is 0 Å². The zero-order valence-electron chi connectivity index (χ0n) is 15.7. The molecule has 2 aromatic heterocycles. The van der Waals surface area contributed by atoms with Crippen LogP contribution < -0.4 is 16.0 Å². The van der Waals surface area contributed by atoms with Crippen molar-refractivity contribution in [3.8, 4) is 0 Å². The lowest BCUT2D eigenvalue weighted by Gasteiger charge is -2.08. The Labute approximate surface area is 167 Å². The van der Waals surface area contributed by atoms with Gasteiger partial charge in [0, 0.05) is 49.6 Å². The van der Waals surface area contributed by atoms with Gasteiger partial charge in [0.25, 0.3) is 11.8 Å². The minimum Gasteiger partial charge on any atom is -0.348 e. The van der Waals surface area contributed by atoms with Crippen LogP contribution in [0.1, 0.15) is 33.2 Å². The molecule has 0 unspecified atom stereocenters. The van der Waals surface area contributed by atoms with Crippen LogP contribution in [0.25, 0.3) is 0 Å². The van der Waals surface area contributed by atoms with Gasteiger partial charge in [0.2, 0.25) is 5.91 Å². The average Bonchev–Trinajstić information content (AvgIpc) is 2.74. The number of carbonyl (C=O) groups excluding carboxylic acids is 3. The van der Waals surface area contributed by atoms with Crippen molar-refractivity contribution in [1.29, 1.82) is 0 Å². The molecule has 0 saturated heterocycles. The van der Waals surface area contributed by atoms with Crippen LogP contribution in [-0.4, -0.2) is 27.7 Å². The average molecular weight is 389 g/mol. The maximum atomic E-state index is 12.5. The number of carbonyl (C=O) groups is 3. The second-order valence-corrected chi connectivity index (χ2v) is 6.21. The summed E-state index contributed by atoms with van der Waals surface area (Å²) in [5, 5.41) is 8.16. The van der Waals surface area contributed by atoms with E-state index >= 15 is 0 Å². The number of nitrogens with zero attached hydrogens (tertiary/aromatic N) is 2. The molecule has 0 fully saturated rings. The first-order valence-corrected chi connectivity index (χ1v) is 8.82. The van der Waals surface area contributed by atoms with Crippen molar-refractivity contribution in [3.05, 3.63) is 83.9 Å². The first-order chi connectivity index (χ1) is 14.0. The van der Waals surface area contributed by atoms with E-state index in [4.69, 9.17) is 0 Å². The Balaban J connectivity index is 1.62. The van der Waals surface area contributed by atoms with Gasteiger partial charge >= 0.3 is 0 Å². The minimum absolute atomic E-state index is 0.174. The largest absolute Gasteiger partial charge is 0.348 e. The molecule has 3 rings (SSSR count). The molecule has 29 heavy (non-hydrogen) atoms. The van der Waals surface area contributed by atoms with Crippen LogP contribution in [0.15, 0.2) is 67.3 Å². The fourth-order valence-corrected chi connectivity index (χ4v) is 2.52. The van der Waals surface area contributed by atoms with Gasteiger partial charge in [-0.15, -0.1) is 0 Å². The molecular weight excluding hydrogens is 370 g/mol. The molecular formula is C21H19N5O3. The van der Waals surface area contributed by atoms with Crippen molar-refractivity contribution < 1.29 is 14.4 Å². The monoisotopic (exact) mass is 389 g/mol. The summed E-state index contributed by atoms with van der Waals surface area (Å²) in [6.45, 7) is 1.77. The minimum atomic E-state index is -0.395. The maximum absolute atomic E-state index is 12.5. The lowest BCUT2D eigenvalue weighted by Crippen LogP contribution is -2.23. The van der Waals surface area contributed by atoms with E-state index in [0.29, 0.717) is 17.9 Å². The van der Waals surface area contributed by atoms with Crippen molar-refractivity contribution in [2.45, 2.75) is 13.5 Å². The highest BCUT2D eigenvalue weighted by Crippen LogP contribution is 2.15. The van der Waals surface area contributed by atoms with E-state index in [9.17, 15) is 14.4 Å². The summed E-state index contributed by atoms with van der Waals surface area (Å²) in [6.07, 6.45) is 6.09. The van der Waals surface area contributed by atoms with Gasteiger partial charge in [0.15, 0.2) is 0 Å². The number of hydrogen-bond donors (Lipinski definition) is 3. The summed E-state index contributed by atoms with van der Waals surface area (Å²) in [6, 6.07) is 11.8. The molecule has 1 aromatic carbocycles. The fraction of sp³-hybridized carbons (Fsp3) is 0.0952. The third kappa shape index (κ3) is 5.70. The fourth-order valence-electron chi connectivity index (χ4n) is 2.52. The molecule has 0 aliphatic heterocycles. The topological polar surface area (TPSA) is 113 Å². The predicted octanol–water partition coefficient (Wildman–Crippen LogP) is 2.62. The molecule has 0 spiro atoms. The molecule has 0 aliphatic rings. The third-order valence-electron chi connectivity index (χ3n) is 3.93. The molecule has 0 radical (unpaired) electrons. The summed E-state index contributed by atoms with van der Waals surface area (Å²) in [4.78, 5) is 43.8. The van der Waals surface area contributed by atoms with Crippen LogP contribution in [0, 0.1) is 0 Å². The van der Waals surface area contributed by atoms with Crippen LogP contribution in [-0.2, 0) is 11.3 Å². The Hall–Kier alpha value is -4.07. The van der Waals surface area contributed by atoms with Gasteiger partial charge in [-0.05, 0) is 48.0 Å². The maximum Gasteiger partial charge on any atom is 0.257 e.